The molecule has 1 unspecified atom stereocenters. The highest BCUT2D eigenvalue weighted by atomic mass is 32.2. The van der Waals surface area contributed by atoms with Gasteiger partial charge in [0.25, 0.3) is 15.9 Å². The molecule has 0 fully saturated rings. The molecule has 0 spiro atoms. The lowest BCUT2D eigenvalue weighted by molar-refractivity contribution is 0.0339. The number of benzene rings is 2. The molecule has 9 heteroatoms. The zero-order valence-corrected chi connectivity index (χ0v) is 15.8. The lowest BCUT2D eigenvalue weighted by Crippen LogP contribution is -2.53. The van der Waals surface area contributed by atoms with Gasteiger partial charge in [0, 0.05) is 5.56 Å². The van der Waals surface area contributed by atoms with E-state index in [0.717, 1.165) is 0 Å². The van der Waals surface area contributed by atoms with Crippen molar-refractivity contribution in [1.82, 2.24) is 14.2 Å². The Balaban J connectivity index is 1.86. The van der Waals surface area contributed by atoms with E-state index in [9.17, 15) is 13.2 Å². The molecule has 0 radical (unpaired) electrons. The molecule has 0 N–H and O–H groups in total. The van der Waals surface area contributed by atoms with Crippen molar-refractivity contribution in [2.24, 2.45) is 5.10 Å². The standard InChI is InChI=1S/C18H18N4O4S/c1-20(2)18-21(17(23)12-8-4-6-10-14(12)26-3)19-16-13-9-5-7-11-15(13)27(24,25)22(16)18/h4-11,18H,1-3H3. The van der Waals surface area contributed by atoms with Gasteiger partial charge in [-0.1, -0.05) is 24.3 Å². The van der Waals surface area contributed by atoms with E-state index in [0.29, 0.717) is 16.9 Å². The van der Waals surface area contributed by atoms with E-state index in [1.165, 1.54) is 16.4 Å². The maximum Gasteiger partial charge on any atom is 0.280 e. The van der Waals surface area contributed by atoms with Crippen LogP contribution < -0.4 is 4.74 Å². The van der Waals surface area contributed by atoms with Crippen molar-refractivity contribution in [1.29, 1.82) is 0 Å². The summed E-state index contributed by atoms with van der Waals surface area (Å²) in [5.74, 6) is 0.198. The average Bonchev–Trinajstić information content (AvgIpc) is 3.17. The van der Waals surface area contributed by atoms with Gasteiger partial charge in [0.15, 0.2) is 12.1 Å². The number of amidine groups is 1. The van der Waals surface area contributed by atoms with Crippen molar-refractivity contribution in [3.05, 3.63) is 59.7 Å². The third-order valence-corrected chi connectivity index (χ3v) is 6.30. The summed E-state index contributed by atoms with van der Waals surface area (Å²) in [6.45, 7) is 0. The van der Waals surface area contributed by atoms with E-state index in [1.54, 1.807) is 67.5 Å². The van der Waals surface area contributed by atoms with Crippen LogP contribution in [0.25, 0.3) is 0 Å². The fourth-order valence-corrected chi connectivity index (χ4v) is 5.11. The highest BCUT2D eigenvalue weighted by Crippen LogP contribution is 2.38. The minimum Gasteiger partial charge on any atom is -0.496 e. The van der Waals surface area contributed by atoms with Crippen molar-refractivity contribution < 1.29 is 17.9 Å². The monoisotopic (exact) mass is 386 g/mol. The molecular formula is C18H18N4O4S. The summed E-state index contributed by atoms with van der Waals surface area (Å²) < 4.78 is 32.6. The summed E-state index contributed by atoms with van der Waals surface area (Å²) >= 11 is 0. The summed E-state index contributed by atoms with van der Waals surface area (Å²) in [5, 5.41) is 5.57. The number of amides is 1. The van der Waals surface area contributed by atoms with Crippen molar-refractivity contribution in [2.45, 2.75) is 11.2 Å². The van der Waals surface area contributed by atoms with Crippen LogP contribution in [0.3, 0.4) is 0 Å². The molecule has 2 aromatic rings. The molecular weight excluding hydrogens is 368 g/mol. The van der Waals surface area contributed by atoms with Gasteiger partial charge >= 0.3 is 0 Å². The minimum atomic E-state index is -3.81. The first kappa shape index (κ1) is 17.5. The Hall–Kier alpha value is -2.91. The first-order valence-corrected chi connectivity index (χ1v) is 9.67. The van der Waals surface area contributed by atoms with Crippen LogP contribution >= 0.6 is 0 Å². The number of sulfonamides is 1. The lowest BCUT2D eigenvalue weighted by atomic mass is 10.2. The third kappa shape index (κ3) is 2.42. The number of fused-ring (bicyclic) bond motifs is 3. The van der Waals surface area contributed by atoms with Crippen LogP contribution in [0.4, 0.5) is 0 Å². The number of hydrogen-bond donors (Lipinski definition) is 0. The van der Waals surface area contributed by atoms with Crippen LogP contribution in [-0.2, 0) is 10.0 Å². The summed E-state index contributed by atoms with van der Waals surface area (Å²) in [4.78, 5) is 15.0. The molecule has 2 aliphatic rings. The highest BCUT2D eigenvalue weighted by Gasteiger charge is 2.52. The predicted molar refractivity (Wildman–Crippen MR) is 98.6 cm³/mol. The van der Waals surface area contributed by atoms with Gasteiger partial charge in [0.05, 0.1) is 17.6 Å². The number of nitrogens with zero attached hydrogens (tertiary/aromatic N) is 4. The van der Waals surface area contributed by atoms with E-state index >= 15 is 0 Å². The normalized spacial score (nSPS) is 19.7. The number of methoxy groups -OCH3 is 1. The first-order valence-electron chi connectivity index (χ1n) is 8.23. The fourth-order valence-electron chi connectivity index (χ4n) is 3.32. The van der Waals surface area contributed by atoms with Crippen molar-refractivity contribution >= 4 is 21.8 Å². The summed E-state index contributed by atoms with van der Waals surface area (Å²) in [6.07, 6.45) is -0.908. The minimum absolute atomic E-state index is 0.194. The molecule has 2 heterocycles. The van der Waals surface area contributed by atoms with E-state index in [2.05, 4.69) is 5.10 Å². The zero-order valence-electron chi connectivity index (χ0n) is 15.0. The third-order valence-electron chi connectivity index (χ3n) is 4.51. The van der Waals surface area contributed by atoms with Crippen molar-refractivity contribution in [2.75, 3.05) is 21.2 Å². The van der Waals surface area contributed by atoms with E-state index in [-0.39, 0.29) is 10.7 Å². The highest BCUT2D eigenvalue weighted by molar-refractivity contribution is 7.90. The Kier molecular flexibility index (Phi) is 3.93. The lowest BCUT2D eigenvalue weighted by Gasteiger charge is -2.32. The molecule has 2 aliphatic heterocycles. The van der Waals surface area contributed by atoms with Gasteiger partial charge in [0.1, 0.15) is 5.75 Å². The molecule has 0 bridgehead atoms. The molecule has 1 amide bonds. The van der Waals surface area contributed by atoms with Gasteiger partial charge in [-0.15, -0.1) is 5.10 Å². The second-order valence-corrected chi connectivity index (χ2v) is 8.16. The SMILES string of the molecule is COc1ccccc1C(=O)N1N=C2c3ccccc3S(=O)(=O)N2C1N(C)C. The molecule has 140 valence electrons. The molecule has 0 aromatic heterocycles. The van der Waals surface area contributed by atoms with Gasteiger partial charge in [0.2, 0.25) is 0 Å². The second-order valence-electron chi connectivity index (χ2n) is 6.38. The van der Waals surface area contributed by atoms with Crippen LogP contribution in [0.5, 0.6) is 5.75 Å². The first-order chi connectivity index (χ1) is 12.9. The molecule has 4 rings (SSSR count). The van der Waals surface area contributed by atoms with E-state index in [4.69, 9.17) is 4.74 Å². The average molecular weight is 386 g/mol. The molecule has 2 aromatic carbocycles. The van der Waals surface area contributed by atoms with Crippen LogP contribution in [0, 0.1) is 0 Å². The molecule has 0 aliphatic carbocycles. The van der Waals surface area contributed by atoms with E-state index < -0.39 is 22.2 Å². The van der Waals surface area contributed by atoms with E-state index in [1.807, 2.05) is 0 Å². The number of carbonyl (C=O) groups is 1. The quantitative estimate of drug-likeness (QED) is 0.796. The van der Waals surface area contributed by atoms with Gasteiger partial charge in [-0.05, 0) is 38.4 Å². The predicted octanol–water partition coefficient (Wildman–Crippen LogP) is 1.36. The Bertz CT molecular complexity index is 1060. The Morgan fingerprint density at radius 3 is 2.48 bits per heavy atom. The number of hydrogen-bond acceptors (Lipinski definition) is 6. The molecule has 1 atom stereocenters. The zero-order chi connectivity index (χ0) is 19.3. The number of hydrazone groups is 1. The Morgan fingerprint density at radius 1 is 1.11 bits per heavy atom. The summed E-state index contributed by atoms with van der Waals surface area (Å²) in [6, 6.07) is 13.4. The van der Waals surface area contributed by atoms with Crippen LogP contribution in [0.15, 0.2) is 58.5 Å². The Labute approximate surface area is 157 Å². The summed E-state index contributed by atoms with van der Waals surface area (Å²) in [7, 11) is 1.07. The molecule has 0 saturated heterocycles. The number of para-hydroxylation sites is 1. The summed E-state index contributed by atoms with van der Waals surface area (Å²) in [5.41, 5.74) is 0.794. The van der Waals surface area contributed by atoms with Crippen molar-refractivity contribution in [3.63, 3.8) is 0 Å². The molecule has 0 saturated carbocycles. The number of carbonyl (C=O) groups excluding carboxylic acids is 1. The van der Waals surface area contributed by atoms with Crippen molar-refractivity contribution in [3.8, 4) is 5.75 Å². The van der Waals surface area contributed by atoms with Gasteiger partial charge in [-0.25, -0.2) is 12.7 Å². The smallest absolute Gasteiger partial charge is 0.280 e. The Morgan fingerprint density at radius 2 is 1.78 bits per heavy atom. The fraction of sp³-hybridized carbons (Fsp3) is 0.222. The maximum atomic E-state index is 13.2. The van der Waals surface area contributed by atoms with Crippen LogP contribution in [-0.4, -0.2) is 61.9 Å². The van der Waals surface area contributed by atoms with Gasteiger partial charge in [-0.3, -0.25) is 9.69 Å². The van der Waals surface area contributed by atoms with Gasteiger partial charge < -0.3 is 4.74 Å². The van der Waals surface area contributed by atoms with Gasteiger partial charge in [-0.2, -0.15) is 5.01 Å². The second kappa shape index (κ2) is 6.07. The molecule has 8 nitrogen and oxygen atoms in total. The maximum absolute atomic E-state index is 13.2. The topological polar surface area (TPSA) is 82.5 Å². The van der Waals surface area contributed by atoms with Crippen LogP contribution in [0.1, 0.15) is 15.9 Å². The van der Waals surface area contributed by atoms with Crippen LogP contribution in [0.2, 0.25) is 0 Å². The number of rotatable bonds is 3. The number of ether oxygens (including phenoxy) is 1. The molecule has 27 heavy (non-hydrogen) atoms. The largest absolute Gasteiger partial charge is 0.496 e.